The van der Waals surface area contributed by atoms with Crippen molar-refractivity contribution in [3.63, 3.8) is 0 Å². The van der Waals surface area contributed by atoms with Crippen molar-refractivity contribution >= 4 is 82.4 Å². The molecule has 0 unspecified atom stereocenters. The van der Waals surface area contributed by atoms with Crippen LogP contribution in [-0.2, 0) is 0 Å². The quantitative estimate of drug-likeness (QED) is 0.144. The minimum atomic E-state index is 0.854. The molecule has 0 atom stereocenters. The highest BCUT2D eigenvalue weighted by Crippen LogP contribution is 2.48. The number of furan rings is 1. The highest BCUT2D eigenvalue weighted by Gasteiger charge is 2.24. The first-order valence-electron chi connectivity index (χ1n) is 26.4. The van der Waals surface area contributed by atoms with Crippen molar-refractivity contribution in [3.05, 3.63) is 291 Å². The molecule has 3 nitrogen and oxygen atoms in total. The van der Waals surface area contributed by atoms with Crippen LogP contribution >= 0.6 is 0 Å². The van der Waals surface area contributed by atoms with Gasteiger partial charge in [0, 0.05) is 38.8 Å². The Morgan fingerprint density at radius 1 is 0.286 bits per heavy atom. The highest BCUT2D eigenvalue weighted by atomic mass is 16.3. The number of hydrogen-bond donors (Lipinski definition) is 0. The molecule has 0 amide bonds. The van der Waals surface area contributed by atoms with Crippen LogP contribution in [0.2, 0.25) is 0 Å². The molecule has 15 rings (SSSR count). The number of aromatic nitrogens is 1. The summed E-state index contributed by atoms with van der Waals surface area (Å²) in [5, 5.41) is 9.48. The summed E-state index contributed by atoms with van der Waals surface area (Å²) in [5.41, 5.74) is 20.0. The lowest BCUT2D eigenvalue weighted by molar-refractivity contribution is 0.670. The van der Waals surface area contributed by atoms with Gasteiger partial charge < -0.3 is 13.9 Å². The number of para-hydroxylation sites is 3. The topological polar surface area (TPSA) is 21.3 Å². The lowest BCUT2D eigenvalue weighted by Gasteiger charge is -2.27. The molecular formula is C74H48N2O. The lowest BCUT2D eigenvalue weighted by atomic mass is 9.91. The number of nitrogens with zero attached hydrogens (tertiary/aromatic N) is 2. The van der Waals surface area contributed by atoms with E-state index in [9.17, 15) is 0 Å². The molecule has 0 radical (unpaired) electrons. The SMILES string of the molecule is c1ccc(-n2c3ccccc3c3c(-c4ccccc4-c4ccc(N(c5ccc(-c6cccc(-c7ccc8ccccc8c7)c6)cc5)c5ccc(-c6cccc7ccccc67)c6oc7ccccc7c56)cc4)cccc32)cc1. The molecule has 2 heterocycles. The molecule has 0 N–H and O–H groups in total. The summed E-state index contributed by atoms with van der Waals surface area (Å²) in [6, 6.07) is 106. The Morgan fingerprint density at radius 3 is 1.66 bits per heavy atom. The van der Waals surface area contributed by atoms with Crippen LogP contribution in [0.5, 0.6) is 0 Å². The van der Waals surface area contributed by atoms with Crippen molar-refractivity contribution in [3.8, 4) is 61.3 Å². The van der Waals surface area contributed by atoms with Gasteiger partial charge in [0.15, 0.2) is 0 Å². The molecule has 0 fully saturated rings. The van der Waals surface area contributed by atoms with Crippen LogP contribution in [0.3, 0.4) is 0 Å². The summed E-state index contributed by atoms with van der Waals surface area (Å²) in [6.45, 7) is 0. The molecule has 360 valence electrons. The van der Waals surface area contributed by atoms with E-state index in [0.29, 0.717) is 0 Å². The Labute approximate surface area is 446 Å². The molecule has 0 bridgehead atoms. The van der Waals surface area contributed by atoms with Gasteiger partial charge in [-0.05, 0) is 150 Å². The number of benzene rings is 13. The molecular weight excluding hydrogens is 933 g/mol. The van der Waals surface area contributed by atoms with E-state index in [-0.39, 0.29) is 0 Å². The Hall–Kier alpha value is -10.2. The van der Waals surface area contributed by atoms with Crippen LogP contribution in [0.15, 0.2) is 296 Å². The van der Waals surface area contributed by atoms with Gasteiger partial charge in [0.1, 0.15) is 11.2 Å². The van der Waals surface area contributed by atoms with Gasteiger partial charge in [-0.1, -0.05) is 212 Å². The van der Waals surface area contributed by atoms with Gasteiger partial charge in [0.25, 0.3) is 0 Å². The second kappa shape index (κ2) is 18.3. The third kappa shape index (κ3) is 7.51. The maximum Gasteiger partial charge on any atom is 0.145 e. The van der Waals surface area contributed by atoms with Crippen molar-refractivity contribution in [1.82, 2.24) is 4.57 Å². The Kier molecular flexibility index (Phi) is 10.5. The van der Waals surface area contributed by atoms with Gasteiger partial charge in [-0.2, -0.15) is 0 Å². The normalized spacial score (nSPS) is 11.6. The third-order valence-corrected chi connectivity index (χ3v) is 15.6. The second-order valence-electron chi connectivity index (χ2n) is 20.0. The van der Waals surface area contributed by atoms with E-state index in [1.165, 1.54) is 76.7 Å². The minimum Gasteiger partial charge on any atom is -0.455 e. The predicted octanol–water partition coefficient (Wildman–Crippen LogP) is 20.8. The number of fused-ring (bicyclic) bond motifs is 8. The van der Waals surface area contributed by atoms with Crippen LogP contribution in [0.1, 0.15) is 0 Å². The van der Waals surface area contributed by atoms with Crippen LogP contribution in [0, 0.1) is 0 Å². The number of anilines is 3. The molecule has 2 aromatic heterocycles. The molecule has 0 saturated heterocycles. The summed E-state index contributed by atoms with van der Waals surface area (Å²) in [7, 11) is 0. The lowest BCUT2D eigenvalue weighted by Crippen LogP contribution is -2.10. The maximum atomic E-state index is 6.99. The summed E-state index contributed by atoms with van der Waals surface area (Å²) < 4.78 is 9.38. The van der Waals surface area contributed by atoms with Crippen molar-refractivity contribution in [1.29, 1.82) is 0 Å². The Bertz CT molecular complexity index is 4730. The summed E-state index contributed by atoms with van der Waals surface area (Å²) in [5.74, 6) is 0. The highest BCUT2D eigenvalue weighted by molar-refractivity contribution is 6.19. The molecule has 0 aliphatic heterocycles. The fourth-order valence-electron chi connectivity index (χ4n) is 12.0. The molecule has 3 heteroatoms. The summed E-state index contributed by atoms with van der Waals surface area (Å²) in [4.78, 5) is 2.40. The first kappa shape index (κ1) is 44.3. The van der Waals surface area contributed by atoms with Gasteiger partial charge in [-0.3, -0.25) is 0 Å². The molecule has 0 aliphatic rings. The fraction of sp³-hybridized carbons (Fsp3) is 0. The standard InChI is InChI=1S/C74H48N2O/c1-2-23-57(24-3-1)76-68-32-12-10-28-66(68)72-64(31-16-33-69(72)76)62-27-9-8-26-61(62)52-39-43-59(44-40-52)75(58-41-37-50(38-42-58)54-21-14-22-55(47-54)56-36-35-49-17-4-5-19-53(49)48-56)70-46-45-65(63-30-15-20-51-18-6-7-25-60(51)63)74-73(70)67-29-11-13-34-71(67)77-74/h1-48H. The van der Waals surface area contributed by atoms with Gasteiger partial charge >= 0.3 is 0 Å². The fourth-order valence-corrected chi connectivity index (χ4v) is 12.0. The van der Waals surface area contributed by atoms with E-state index >= 15 is 0 Å². The predicted molar refractivity (Wildman–Crippen MR) is 325 cm³/mol. The van der Waals surface area contributed by atoms with Crippen LogP contribution in [0.4, 0.5) is 17.1 Å². The minimum absolute atomic E-state index is 0.854. The molecule has 77 heavy (non-hydrogen) atoms. The van der Waals surface area contributed by atoms with Crippen molar-refractivity contribution in [2.24, 2.45) is 0 Å². The molecule has 0 saturated carbocycles. The second-order valence-corrected chi connectivity index (χ2v) is 20.0. The molecule has 15 aromatic rings. The number of rotatable bonds is 9. The van der Waals surface area contributed by atoms with Gasteiger partial charge in [-0.25, -0.2) is 0 Å². The zero-order valence-corrected chi connectivity index (χ0v) is 42.0. The Balaban J connectivity index is 0.880. The first-order valence-corrected chi connectivity index (χ1v) is 26.4. The van der Waals surface area contributed by atoms with E-state index in [4.69, 9.17) is 4.42 Å². The summed E-state index contributed by atoms with van der Waals surface area (Å²) in [6.07, 6.45) is 0. The largest absolute Gasteiger partial charge is 0.455 e. The Morgan fingerprint density at radius 2 is 0.844 bits per heavy atom. The molecule has 0 spiro atoms. The van der Waals surface area contributed by atoms with Crippen molar-refractivity contribution < 1.29 is 4.42 Å². The monoisotopic (exact) mass is 980 g/mol. The van der Waals surface area contributed by atoms with Crippen LogP contribution in [0.25, 0.3) is 127 Å². The first-order chi connectivity index (χ1) is 38.2. The van der Waals surface area contributed by atoms with E-state index < -0.39 is 0 Å². The van der Waals surface area contributed by atoms with E-state index in [1.807, 2.05) is 0 Å². The van der Waals surface area contributed by atoms with E-state index in [2.05, 4.69) is 301 Å². The van der Waals surface area contributed by atoms with E-state index in [0.717, 1.165) is 66.9 Å². The average molecular weight is 981 g/mol. The van der Waals surface area contributed by atoms with Crippen LogP contribution < -0.4 is 4.90 Å². The molecule has 13 aromatic carbocycles. The van der Waals surface area contributed by atoms with Crippen LogP contribution in [-0.4, -0.2) is 4.57 Å². The maximum absolute atomic E-state index is 6.99. The van der Waals surface area contributed by atoms with Gasteiger partial charge in [0.2, 0.25) is 0 Å². The zero-order chi connectivity index (χ0) is 50.8. The van der Waals surface area contributed by atoms with Crippen molar-refractivity contribution in [2.75, 3.05) is 4.90 Å². The molecule has 0 aliphatic carbocycles. The van der Waals surface area contributed by atoms with E-state index in [1.54, 1.807) is 0 Å². The van der Waals surface area contributed by atoms with Gasteiger partial charge in [0.05, 0.1) is 22.1 Å². The summed E-state index contributed by atoms with van der Waals surface area (Å²) >= 11 is 0. The zero-order valence-electron chi connectivity index (χ0n) is 42.0. The smallest absolute Gasteiger partial charge is 0.145 e. The number of hydrogen-bond acceptors (Lipinski definition) is 2. The van der Waals surface area contributed by atoms with Gasteiger partial charge in [-0.15, -0.1) is 0 Å². The third-order valence-electron chi connectivity index (χ3n) is 15.6. The van der Waals surface area contributed by atoms with Crippen molar-refractivity contribution in [2.45, 2.75) is 0 Å². The average Bonchev–Trinajstić information content (AvgIpc) is 4.14.